The zero-order valence-electron chi connectivity index (χ0n) is 8.75. The molecular formula is C12H12BrNO. The number of benzene rings is 1. The molecular weight excluding hydrogens is 254 g/mol. The highest BCUT2D eigenvalue weighted by Crippen LogP contribution is 2.27. The van der Waals surface area contributed by atoms with Crippen LogP contribution in [-0.2, 0) is 6.42 Å². The predicted molar refractivity (Wildman–Crippen MR) is 65.4 cm³/mol. The Morgan fingerprint density at radius 2 is 2.00 bits per heavy atom. The summed E-state index contributed by atoms with van der Waals surface area (Å²) >= 11 is 3.54. The van der Waals surface area contributed by atoms with Crippen molar-refractivity contribution in [2.24, 2.45) is 0 Å². The first-order valence-electron chi connectivity index (χ1n) is 4.88. The van der Waals surface area contributed by atoms with Gasteiger partial charge in [-0.15, -0.1) is 0 Å². The Labute approximate surface area is 97.4 Å². The van der Waals surface area contributed by atoms with Gasteiger partial charge in [0.25, 0.3) is 0 Å². The van der Waals surface area contributed by atoms with Gasteiger partial charge in [0.2, 0.25) is 5.88 Å². The summed E-state index contributed by atoms with van der Waals surface area (Å²) in [5, 5.41) is 1.15. The van der Waals surface area contributed by atoms with E-state index >= 15 is 0 Å². The summed E-state index contributed by atoms with van der Waals surface area (Å²) in [6.45, 7) is 2.13. The van der Waals surface area contributed by atoms with E-state index in [4.69, 9.17) is 4.74 Å². The molecule has 2 aromatic rings. The standard InChI is InChI=1S/C12H12BrNO/c1-3-9-10(13)6-4-8-5-7-11(15-2)14-12(8)9/h4-7H,3H2,1-2H3. The summed E-state index contributed by atoms with van der Waals surface area (Å²) in [6.07, 6.45) is 0.956. The van der Waals surface area contributed by atoms with Crippen LogP contribution < -0.4 is 4.74 Å². The van der Waals surface area contributed by atoms with Crippen LogP contribution in [0.15, 0.2) is 28.7 Å². The third-order valence-corrected chi connectivity index (χ3v) is 3.19. The number of fused-ring (bicyclic) bond motifs is 1. The Hall–Kier alpha value is -1.09. The van der Waals surface area contributed by atoms with E-state index in [1.807, 2.05) is 12.1 Å². The molecule has 0 N–H and O–H groups in total. The fourth-order valence-corrected chi connectivity index (χ4v) is 2.26. The van der Waals surface area contributed by atoms with Gasteiger partial charge in [-0.25, -0.2) is 4.98 Å². The molecule has 0 radical (unpaired) electrons. The number of methoxy groups -OCH3 is 1. The molecule has 2 nitrogen and oxygen atoms in total. The SMILES string of the molecule is CCc1c(Br)ccc2ccc(OC)nc12. The monoisotopic (exact) mass is 265 g/mol. The molecule has 15 heavy (non-hydrogen) atoms. The van der Waals surface area contributed by atoms with E-state index in [9.17, 15) is 0 Å². The van der Waals surface area contributed by atoms with Gasteiger partial charge in [0.05, 0.1) is 12.6 Å². The topological polar surface area (TPSA) is 22.1 Å². The molecule has 0 fully saturated rings. The van der Waals surface area contributed by atoms with Crippen molar-refractivity contribution in [2.75, 3.05) is 7.11 Å². The minimum absolute atomic E-state index is 0.662. The summed E-state index contributed by atoms with van der Waals surface area (Å²) in [4.78, 5) is 4.47. The van der Waals surface area contributed by atoms with E-state index in [-0.39, 0.29) is 0 Å². The molecule has 0 aliphatic rings. The van der Waals surface area contributed by atoms with Gasteiger partial charge in [-0.05, 0) is 24.1 Å². The molecule has 1 aromatic heterocycles. The molecule has 78 valence electrons. The van der Waals surface area contributed by atoms with E-state index in [1.165, 1.54) is 5.56 Å². The van der Waals surface area contributed by atoms with Crippen molar-refractivity contribution in [3.8, 4) is 5.88 Å². The largest absolute Gasteiger partial charge is 0.481 e. The number of hydrogen-bond acceptors (Lipinski definition) is 2. The Morgan fingerprint density at radius 3 is 2.67 bits per heavy atom. The lowest BCUT2D eigenvalue weighted by Crippen LogP contribution is -1.92. The van der Waals surface area contributed by atoms with Crippen molar-refractivity contribution in [3.63, 3.8) is 0 Å². The minimum atomic E-state index is 0.662. The number of hydrogen-bond donors (Lipinski definition) is 0. The second-order valence-corrected chi connectivity index (χ2v) is 4.16. The van der Waals surface area contributed by atoms with Gasteiger partial charge >= 0.3 is 0 Å². The lowest BCUT2D eigenvalue weighted by atomic mass is 10.1. The van der Waals surface area contributed by atoms with Crippen LogP contribution in [0, 0.1) is 0 Å². The predicted octanol–water partition coefficient (Wildman–Crippen LogP) is 3.57. The average Bonchev–Trinajstić information content (AvgIpc) is 2.28. The molecule has 1 aromatic carbocycles. The van der Waals surface area contributed by atoms with E-state index in [0.29, 0.717) is 5.88 Å². The lowest BCUT2D eigenvalue weighted by molar-refractivity contribution is 0.399. The molecule has 0 saturated carbocycles. The molecule has 0 unspecified atom stereocenters. The Balaban J connectivity index is 2.76. The number of aryl methyl sites for hydroxylation is 1. The zero-order valence-corrected chi connectivity index (χ0v) is 10.3. The van der Waals surface area contributed by atoms with Gasteiger partial charge in [0.1, 0.15) is 0 Å². The summed E-state index contributed by atoms with van der Waals surface area (Å²) < 4.78 is 6.24. The second kappa shape index (κ2) is 4.19. The van der Waals surface area contributed by atoms with Crippen molar-refractivity contribution in [2.45, 2.75) is 13.3 Å². The summed E-state index contributed by atoms with van der Waals surface area (Å²) in [6, 6.07) is 8.04. The fourth-order valence-electron chi connectivity index (χ4n) is 1.65. The second-order valence-electron chi connectivity index (χ2n) is 3.30. The third kappa shape index (κ3) is 1.84. The Kier molecular flexibility index (Phi) is 2.91. The zero-order chi connectivity index (χ0) is 10.8. The number of halogens is 1. The first-order valence-corrected chi connectivity index (χ1v) is 5.67. The highest BCUT2D eigenvalue weighted by atomic mass is 79.9. The van der Waals surface area contributed by atoms with Crippen molar-refractivity contribution >= 4 is 26.8 Å². The first-order chi connectivity index (χ1) is 7.26. The number of pyridine rings is 1. The van der Waals surface area contributed by atoms with Crippen LogP contribution in [-0.4, -0.2) is 12.1 Å². The quantitative estimate of drug-likeness (QED) is 0.829. The van der Waals surface area contributed by atoms with Gasteiger partial charge in [0.15, 0.2) is 0 Å². The number of aromatic nitrogens is 1. The van der Waals surface area contributed by atoms with Crippen LogP contribution in [0.25, 0.3) is 10.9 Å². The summed E-state index contributed by atoms with van der Waals surface area (Å²) in [7, 11) is 1.64. The molecule has 0 aliphatic heterocycles. The number of ether oxygens (including phenoxy) is 1. The van der Waals surface area contributed by atoms with Gasteiger partial charge in [-0.2, -0.15) is 0 Å². The smallest absolute Gasteiger partial charge is 0.213 e. The van der Waals surface area contributed by atoms with Gasteiger partial charge in [0, 0.05) is 15.9 Å². The average molecular weight is 266 g/mol. The summed E-state index contributed by atoms with van der Waals surface area (Å²) in [5.74, 6) is 0.662. The Morgan fingerprint density at radius 1 is 1.27 bits per heavy atom. The molecule has 2 rings (SSSR count). The lowest BCUT2D eigenvalue weighted by Gasteiger charge is -2.07. The molecule has 0 amide bonds. The Bertz CT molecular complexity index is 496. The number of rotatable bonds is 2. The van der Waals surface area contributed by atoms with E-state index in [1.54, 1.807) is 7.11 Å². The third-order valence-electron chi connectivity index (χ3n) is 2.45. The maximum Gasteiger partial charge on any atom is 0.213 e. The minimum Gasteiger partial charge on any atom is -0.481 e. The highest BCUT2D eigenvalue weighted by molar-refractivity contribution is 9.10. The maximum atomic E-state index is 5.14. The van der Waals surface area contributed by atoms with Crippen LogP contribution in [0.3, 0.4) is 0 Å². The molecule has 0 saturated heterocycles. The van der Waals surface area contributed by atoms with Crippen LogP contribution in [0.1, 0.15) is 12.5 Å². The molecule has 0 spiro atoms. The molecule has 0 aliphatic carbocycles. The maximum absolute atomic E-state index is 5.14. The van der Waals surface area contributed by atoms with Crippen LogP contribution in [0.5, 0.6) is 5.88 Å². The van der Waals surface area contributed by atoms with Crippen molar-refractivity contribution in [1.82, 2.24) is 4.98 Å². The van der Waals surface area contributed by atoms with Gasteiger partial charge < -0.3 is 4.74 Å². The molecule has 3 heteroatoms. The number of nitrogens with zero attached hydrogens (tertiary/aromatic N) is 1. The normalized spacial score (nSPS) is 10.6. The van der Waals surface area contributed by atoms with Crippen LogP contribution >= 0.6 is 15.9 Å². The van der Waals surface area contributed by atoms with Crippen LogP contribution in [0.4, 0.5) is 0 Å². The molecule has 0 atom stereocenters. The van der Waals surface area contributed by atoms with E-state index in [2.05, 4.69) is 40.0 Å². The van der Waals surface area contributed by atoms with Gasteiger partial charge in [-0.1, -0.05) is 28.9 Å². The van der Waals surface area contributed by atoms with E-state index < -0.39 is 0 Å². The van der Waals surface area contributed by atoms with Crippen molar-refractivity contribution < 1.29 is 4.74 Å². The van der Waals surface area contributed by atoms with E-state index in [0.717, 1.165) is 21.8 Å². The van der Waals surface area contributed by atoms with Gasteiger partial charge in [-0.3, -0.25) is 0 Å². The highest BCUT2D eigenvalue weighted by Gasteiger charge is 2.06. The van der Waals surface area contributed by atoms with Crippen molar-refractivity contribution in [1.29, 1.82) is 0 Å². The first kappa shape index (κ1) is 10.4. The van der Waals surface area contributed by atoms with Crippen LogP contribution in [0.2, 0.25) is 0 Å². The molecule has 0 bridgehead atoms. The fraction of sp³-hybridized carbons (Fsp3) is 0.250. The molecule has 1 heterocycles. The summed E-state index contributed by atoms with van der Waals surface area (Å²) in [5.41, 5.74) is 2.25. The van der Waals surface area contributed by atoms with Crippen molar-refractivity contribution in [3.05, 3.63) is 34.3 Å².